The summed E-state index contributed by atoms with van der Waals surface area (Å²) in [4.78, 5) is 52.8. The van der Waals surface area contributed by atoms with Gasteiger partial charge in [-0.15, -0.1) is 0 Å². The molecule has 0 N–H and O–H groups in total. The highest BCUT2D eigenvalue weighted by Gasteiger charge is 2.52. The van der Waals surface area contributed by atoms with E-state index in [2.05, 4.69) is 0 Å². The second kappa shape index (κ2) is 11.1. The first-order chi connectivity index (χ1) is 17.2. The number of Topliss-reactive ketones (excluding diaryl/α,β-unsaturated/α-hetero) is 1. The van der Waals surface area contributed by atoms with Gasteiger partial charge in [-0.05, 0) is 69.7 Å². The summed E-state index contributed by atoms with van der Waals surface area (Å²) in [5, 5.41) is 0. The number of ketones is 1. The van der Waals surface area contributed by atoms with Crippen molar-refractivity contribution in [2.45, 2.75) is 60.3 Å². The fourth-order valence-electron chi connectivity index (χ4n) is 4.72. The third kappa shape index (κ3) is 4.58. The maximum Gasteiger partial charge on any atom is 0.323 e. The van der Waals surface area contributed by atoms with Crippen molar-refractivity contribution >= 4 is 29.3 Å². The number of rotatable bonds is 10. The van der Waals surface area contributed by atoms with Crippen LogP contribution in [0, 0.1) is 10.8 Å². The minimum Gasteiger partial charge on any atom is -0.465 e. The van der Waals surface area contributed by atoms with Crippen molar-refractivity contribution in [3.8, 4) is 11.5 Å². The summed E-state index contributed by atoms with van der Waals surface area (Å²) >= 11 is 0. The van der Waals surface area contributed by atoms with Crippen LogP contribution in [0.2, 0.25) is 0 Å². The third-order valence-electron chi connectivity index (χ3n) is 6.93. The van der Waals surface area contributed by atoms with Crippen LogP contribution in [0.15, 0.2) is 18.2 Å². The van der Waals surface area contributed by atoms with E-state index in [1.807, 2.05) is 0 Å². The summed E-state index contributed by atoms with van der Waals surface area (Å²) in [5.74, 6) is -1.42. The number of benzene rings is 1. The Bertz CT molecular complexity index is 1050. The van der Waals surface area contributed by atoms with Crippen LogP contribution in [0.3, 0.4) is 0 Å². The van der Waals surface area contributed by atoms with Crippen LogP contribution in [-0.4, -0.2) is 50.3 Å². The van der Waals surface area contributed by atoms with Crippen molar-refractivity contribution in [2.75, 3.05) is 26.6 Å². The second-order valence-corrected chi connectivity index (χ2v) is 8.72. The van der Waals surface area contributed by atoms with Crippen LogP contribution in [-0.2, 0) is 28.6 Å². The molecule has 36 heavy (non-hydrogen) atoms. The Labute approximate surface area is 211 Å². The van der Waals surface area contributed by atoms with E-state index in [1.165, 1.54) is 0 Å². The van der Waals surface area contributed by atoms with Gasteiger partial charge in [-0.1, -0.05) is 19.9 Å². The zero-order chi connectivity index (χ0) is 26.5. The van der Waals surface area contributed by atoms with E-state index < -0.39 is 28.7 Å². The highest BCUT2D eigenvalue weighted by molar-refractivity contribution is 6.18. The molecule has 0 radical (unpaired) electrons. The predicted molar refractivity (Wildman–Crippen MR) is 129 cm³/mol. The lowest BCUT2D eigenvalue weighted by Gasteiger charge is -2.35. The summed E-state index contributed by atoms with van der Waals surface area (Å²) in [7, 11) is 0. The molecule has 2 aliphatic rings. The molecule has 196 valence electrons. The Balaban J connectivity index is 2.17. The normalized spacial score (nSPS) is 19.6. The molecule has 0 bridgehead atoms. The van der Waals surface area contributed by atoms with E-state index >= 15 is 0 Å². The number of fused-ring (bicyclic) bond motifs is 2. The van der Waals surface area contributed by atoms with Crippen LogP contribution < -0.4 is 9.47 Å². The van der Waals surface area contributed by atoms with Crippen LogP contribution in [0.1, 0.15) is 76.2 Å². The van der Waals surface area contributed by atoms with Crippen LogP contribution in [0.5, 0.6) is 11.5 Å². The van der Waals surface area contributed by atoms with Gasteiger partial charge in [0.15, 0.2) is 22.7 Å². The van der Waals surface area contributed by atoms with Gasteiger partial charge in [0.1, 0.15) is 5.41 Å². The van der Waals surface area contributed by atoms with Gasteiger partial charge in [0.25, 0.3) is 0 Å². The molecule has 0 aromatic heterocycles. The number of esters is 3. The van der Waals surface area contributed by atoms with Crippen molar-refractivity contribution < 1.29 is 42.9 Å². The largest absolute Gasteiger partial charge is 0.465 e. The van der Waals surface area contributed by atoms with Gasteiger partial charge < -0.3 is 23.7 Å². The highest BCUT2D eigenvalue weighted by Crippen LogP contribution is 2.49. The molecule has 0 spiro atoms. The summed E-state index contributed by atoms with van der Waals surface area (Å²) in [6.45, 7) is 8.88. The Morgan fingerprint density at radius 1 is 0.917 bits per heavy atom. The average Bonchev–Trinajstić information content (AvgIpc) is 3.33. The minimum atomic E-state index is -1.56. The number of carbonyl (C=O) groups excluding carboxylic acids is 4. The van der Waals surface area contributed by atoms with Crippen molar-refractivity contribution in [2.24, 2.45) is 10.8 Å². The second-order valence-electron chi connectivity index (χ2n) is 8.72. The molecule has 1 unspecified atom stereocenters. The fraction of sp³-hybridized carbons (Fsp3) is 0.556. The quantitative estimate of drug-likeness (QED) is 0.263. The van der Waals surface area contributed by atoms with Gasteiger partial charge in [0.05, 0.1) is 19.8 Å². The molecule has 3 rings (SSSR count). The van der Waals surface area contributed by atoms with E-state index in [0.717, 1.165) is 0 Å². The zero-order valence-electron chi connectivity index (χ0n) is 21.6. The number of hydrogen-bond acceptors (Lipinski definition) is 9. The average molecular weight is 503 g/mol. The molecular formula is C27H34O9. The Hall–Kier alpha value is -3.36. The van der Waals surface area contributed by atoms with E-state index in [1.54, 1.807) is 52.8 Å². The maximum atomic E-state index is 13.7. The molecule has 1 aliphatic heterocycles. The van der Waals surface area contributed by atoms with Crippen molar-refractivity contribution in [1.82, 2.24) is 0 Å². The molecule has 1 heterocycles. The van der Waals surface area contributed by atoms with Crippen molar-refractivity contribution in [3.05, 3.63) is 29.3 Å². The third-order valence-corrected chi connectivity index (χ3v) is 6.93. The van der Waals surface area contributed by atoms with E-state index in [-0.39, 0.29) is 58.1 Å². The first-order valence-corrected chi connectivity index (χ1v) is 12.4. The SMILES string of the molecule is CCOC(=O)C(CC)(C/C=C1\CC(CC)(C(=O)OCC)C(=O)c2cc3c(cc21)OCO3)C(=O)OCC. The van der Waals surface area contributed by atoms with E-state index in [9.17, 15) is 19.2 Å². The summed E-state index contributed by atoms with van der Waals surface area (Å²) in [5.41, 5.74) is -1.50. The molecule has 1 atom stereocenters. The molecule has 9 heteroatoms. The number of hydrogen-bond donors (Lipinski definition) is 0. The lowest BCUT2D eigenvalue weighted by molar-refractivity contribution is -0.172. The summed E-state index contributed by atoms with van der Waals surface area (Å²) in [6, 6.07) is 3.29. The molecule has 0 fully saturated rings. The van der Waals surface area contributed by atoms with E-state index in [0.29, 0.717) is 28.2 Å². The number of allylic oxidation sites excluding steroid dienone is 2. The fourth-order valence-corrected chi connectivity index (χ4v) is 4.72. The first-order valence-electron chi connectivity index (χ1n) is 12.4. The van der Waals surface area contributed by atoms with Gasteiger partial charge in [-0.2, -0.15) is 0 Å². The molecule has 9 nitrogen and oxygen atoms in total. The van der Waals surface area contributed by atoms with Crippen LogP contribution in [0.25, 0.3) is 5.57 Å². The van der Waals surface area contributed by atoms with Gasteiger partial charge in [-0.25, -0.2) is 0 Å². The maximum absolute atomic E-state index is 13.7. The molecule has 0 saturated carbocycles. The standard InChI is InChI=1S/C27H34O9/c1-6-26(23(29)32-8-3,24(30)33-9-4)12-11-17-15-27(7-2,25(31)34-10-5)22(28)19-14-21-20(13-18(17)19)35-16-36-21/h11,13-14H,6-10,12,15-16H2,1-5H3/b17-11+. The van der Waals surface area contributed by atoms with Gasteiger partial charge in [-0.3, -0.25) is 19.2 Å². The predicted octanol–water partition coefficient (Wildman–Crippen LogP) is 4.26. The van der Waals surface area contributed by atoms with E-state index in [4.69, 9.17) is 23.7 Å². The Morgan fingerprint density at radius 3 is 1.97 bits per heavy atom. The zero-order valence-corrected chi connectivity index (χ0v) is 21.6. The summed E-state index contributed by atoms with van der Waals surface area (Å²) < 4.78 is 26.8. The molecular weight excluding hydrogens is 468 g/mol. The Morgan fingerprint density at radius 2 is 1.47 bits per heavy atom. The molecule has 1 aliphatic carbocycles. The lowest BCUT2D eigenvalue weighted by Crippen LogP contribution is -2.44. The smallest absolute Gasteiger partial charge is 0.323 e. The number of ether oxygens (including phenoxy) is 5. The molecule has 1 aromatic rings. The number of carbonyl (C=O) groups is 4. The molecule has 1 aromatic carbocycles. The van der Waals surface area contributed by atoms with Crippen molar-refractivity contribution in [3.63, 3.8) is 0 Å². The first kappa shape index (κ1) is 27.2. The molecule has 0 amide bonds. The summed E-state index contributed by atoms with van der Waals surface area (Å²) in [6.07, 6.45) is 2.12. The monoisotopic (exact) mass is 502 g/mol. The van der Waals surface area contributed by atoms with Gasteiger partial charge >= 0.3 is 17.9 Å². The minimum absolute atomic E-state index is 0.0208. The van der Waals surface area contributed by atoms with Crippen LogP contribution >= 0.6 is 0 Å². The van der Waals surface area contributed by atoms with Gasteiger partial charge in [0, 0.05) is 5.56 Å². The lowest BCUT2D eigenvalue weighted by atomic mass is 9.66. The van der Waals surface area contributed by atoms with Crippen molar-refractivity contribution in [1.29, 1.82) is 0 Å². The Kier molecular flexibility index (Phi) is 8.43. The topological polar surface area (TPSA) is 114 Å². The van der Waals surface area contributed by atoms with Gasteiger partial charge in [0.2, 0.25) is 6.79 Å². The van der Waals surface area contributed by atoms with Crippen LogP contribution in [0.4, 0.5) is 0 Å². The highest BCUT2D eigenvalue weighted by atomic mass is 16.7. The molecule has 0 saturated heterocycles.